The van der Waals surface area contributed by atoms with E-state index in [1.54, 1.807) is 0 Å². The number of benzene rings is 9. The number of hydrogen-bond acceptors (Lipinski definition) is 3. The molecule has 0 amide bonds. The predicted molar refractivity (Wildman–Crippen MR) is 259 cm³/mol. The van der Waals surface area contributed by atoms with Crippen LogP contribution in [0, 0.1) is 0 Å². The minimum atomic E-state index is -2.72. The summed E-state index contributed by atoms with van der Waals surface area (Å²) in [6.07, 6.45) is 0. The summed E-state index contributed by atoms with van der Waals surface area (Å²) < 4.78 is 6.61. The van der Waals surface area contributed by atoms with E-state index in [2.05, 4.69) is 212 Å². The molecular formula is C58H38N2OSi. The first-order valence-electron chi connectivity index (χ1n) is 21.1. The highest BCUT2D eigenvalue weighted by atomic mass is 28.3. The second-order valence-corrected chi connectivity index (χ2v) is 19.8. The maximum Gasteiger partial charge on any atom is 0.180 e. The molecule has 1 aliphatic rings. The fraction of sp³-hybridized carbons (Fsp3) is 0. The Labute approximate surface area is 361 Å². The molecule has 3 heterocycles. The van der Waals surface area contributed by atoms with Gasteiger partial charge in [0.15, 0.2) is 13.9 Å². The predicted octanol–water partition coefficient (Wildman–Crippen LogP) is 12.1. The number of rotatable bonds is 7. The first kappa shape index (κ1) is 36.0. The second-order valence-electron chi connectivity index (χ2n) is 16.0. The van der Waals surface area contributed by atoms with Crippen molar-refractivity contribution in [3.05, 3.63) is 231 Å². The van der Waals surface area contributed by atoms with Gasteiger partial charge in [0.1, 0.15) is 11.2 Å². The van der Waals surface area contributed by atoms with Crippen molar-refractivity contribution < 1.29 is 4.42 Å². The van der Waals surface area contributed by atoms with Crippen LogP contribution in [0.5, 0.6) is 0 Å². The maximum absolute atomic E-state index is 6.61. The van der Waals surface area contributed by atoms with Crippen molar-refractivity contribution in [2.45, 2.75) is 0 Å². The third-order valence-electron chi connectivity index (χ3n) is 12.6. The Hall–Kier alpha value is -7.92. The third-order valence-corrected chi connectivity index (χ3v) is 17.4. The molecule has 1 aliphatic heterocycles. The minimum absolute atomic E-state index is 0.683. The van der Waals surface area contributed by atoms with Gasteiger partial charge in [0.2, 0.25) is 0 Å². The lowest BCUT2D eigenvalue weighted by Crippen LogP contribution is -2.72. The number of aromatic nitrogens is 2. The van der Waals surface area contributed by atoms with Crippen LogP contribution in [0.4, 0.5) is 0 Å². The van der Waals surface area contributed by atoms with E-state index in [1.165, 1.54) is 31.9 Å². The topological polar surface area (TPSA) is 38.9 Å². The van der Waals surface area contributed by atoms with E-state index in [0.717, 1.165) is 72.3 Å². The Morgan fingerprint density at radius 2 is 0.871 bits per heavy atom. The number of hydrogen-bond donors (Lipinski definition) is 0. The minimum Gasteiger partial charge on any atom is -0.455 e. The standard InChI is InChI=1S/C58H38N2OSi/c1-5-19-39(20-6-1)41-35-42(46-29-17-30-48-47-27-13-15-32-53(47)61-57(46)48)37-43(36-41)51-38-52(60-58(59-51)40-21-7-2-8-22-40)49-31-18-34-55-56(49)50-28-14-16-33-54(50)62(55,44-23-9-3-10-24-44)45-25-11-4-12-26-45/h1-38H. The van der Waals surface area contributed by atoms with Crippen molar-refractivity contribution in [2.75, 3.05) is 0 Å². The molecule has 12 rings (SSSR count). The Bertz CT molecular complexity index is 3420. The summed E-state index contributed by atoms with van der Waals surface area (Å²) in [5.74, 6) is 0.683. The van der Waals surface area contributed by atoms with Crippen molar-refractivity contribution >= 4 is 50.8 Å². The smallest absolute Gasteiger partial charge is 0.180 e. The summed E-state index contributed by atoms with van der Waals surface area (Å²) in [7, 11) is -2.72. The second kappa shape index (κ2) is 14.7. The molecule has 0 aliphatic carbocycles. The molecule has 0 spiro atoms. The maximum atomic E-state index is 6.61. The molecule has 0 radical (unpaired) electrons. The summed E-state index contributed by atoms with van der Waals surface area (Å²) in [6, 6.07) is 83.0. The summed E-state index contributed by atoms with van der Waals surface area (Å²) in [6.45, 7) is 0. The Kier molecular flexibility index (Phi) is 8.51. The van der Waals surface area contributed by atoms with E-state index in [-0.39, 0.29) is 0 Å². The van der Waals surface area contributed by atoms with Gasteiger partial charge in [-0.2, -0.15) is 0 Å². The molecule has 0 atom stereocenters. The molecule has 11 aromatic rings. The van der Waals surface area contributed by atoms with Crippen LogP contribution in [0.15, 0.2) is 235 Å². The van der Waals surface area contributed by atoms with Crippen LogP contribution in [0.25, 0.3) is 89.2 Å². The lowest BCUT2D eigenvalue weighted by atomic mass is 9.93. The highest BCUT2D eigenvalue weighted by Gasteiger charge is 2.49. The van der Waals surface area contributed by atoms with Crippen LogP contribution in [0.1, 0.15) is 0 Å². The number of furan rings is 1. The molecule has 290 valence electrons. The highest BCUT2D eigenvalue weighted by molar-refractivity contribution is 7.22. The van der Waals surface area contributed by atoms with Gasteiger partial charge in [0, 0.05) is 33.0 Å². The van der Waals surface area contributed by atoms with E-state index in [9.17, 15) is 0 Å². The van der Waals surface area contributed by atoms with Crippen LogP contribution < -0.4 is 20.7 Å². The van der Waals surface area contributed by atoms with Crippen molar-refractivity contribution in [1.82, 2.24) is 9.97 Å². The van der Waals surface area contributed by atoms with Gasteiger partial charge in [0.05, 0.1) is 11.4 Å². The van der Waals surface area contributed by atoms with Crippen LogP contribution >= 0.6 is 0 Å². The van der Waals surface area contributed by atoms with Gasteiger partial charge in [-0.25, -0.2) is 9.97 Å². The summed E-state index contributed by atoms with van der Waals surface area (Å²) in [5.41, 5.74) is 13.4. The van der Waals surface area contributed by atoms with E-state index in [1.807, 2.05) is 18.2 Å². The fourth-order valence-electron chi connectivity index (χ4n) is 9.86. The molecule has 3 nitrogen and oxygen atoms in total. The lowest BCUT2D eigenvalue weighted by Gasteiger charge is -2.31. The molecule has 0 saturated carbocycles. The zero-order valence-corrected chi connectivity index (χ0v) is 34.7. The zero-order chi connectivity index (χ0) is 41.0. The van der Waals surface area contributed by atoms with Crippen LogP contribution in [-0.4, -0.2) is 18.0 Å². The monoisotopic (exact) mass is 806 g/mol. The lowest BCUT2D eigenvalue weighted by molar-refractivity contribution is 0.670. The normalized spacial score (nSPS) is 12.6. The van der Waals surface area contributed by atoms with Crippen molar-refractivity contribution in [1.29, 1.82) is 0 Å². The quantitative estimate of drug-likeness (QED) is 0.151. The summed E-state index contributed by atoms with van der Waals surface area (Å²) in [4.78, 5) is 10.9. The molecule has 0 bridgehead atoms. The third kappa shape index (κ3) is 5.72. The van der Waals surface area contributed by atoms with Gasteiger partial charge in [0.25, 0.3) is 0 Å². The van der Waals surface area contributed by atoms with Crippen LogP contribution in [0.2, 0.25) is 0 Å². The Morgan fingerprint density at radius 3 is 1.63 bits per heavy atom. The zero-order valence-electron chi connectivity index (χ0n) is 33.7. The largest absolute Gasteiger partial charge is 0.455 e. The average Bonchev–Trinajstić information content (AvgIpc) is 3.89. The van der Waals surface area contributed by atoms with Crippen LogP contribution in [-0.2, 0) is 0 Å². The van der Waals surface area contributed by atoms with E-state index in [4.69, 9.17) is 14.4 Å². The fourth-order valence-corrected chi connectivity index (χ4v) is 15.1. The van der Waals surface area contributed by atoms with E-state index in [0.29, 0.717) is 5.82 Å². The van der Waals surface area contributed by atoms with Gasteiger partial charge < -0.3 is 4.42 Å². The van der Waals surface area contributed by atoms with E-state index < -0.39 is 8.07 Å². The molecule has 9 aromatic carbocycles. The SMILES string of the molecule is c1ccc(-c2cc(-c3cc(-c4cccc5c4-c4ccccc4[Si]5(c4ccccc4)c4ccccc4)nc(-c4ccccc4)n3)cc(-c3cccc4c3oc3ccccc34)c2)cc1. The van der Waals surface area contributed by atoms with Crippen molar-refractivity contribution in [3.8, 4) is 67.3 Å². The molecule has 4 heteroatoms. The molecule has 0 N–H and O–H groups in total. The Morgan fingerprint density at radius 1 is 0.339 bits per heavy atom. The van der Waals surface area contributed by atoms with Gasteiger partial charge in [-0.15, -0.1) is 0 Å². The number of fused-ring (bicyclic) bond motifs is 6. The first-order chi connectivity index (χ1) is 30.7. The van der Waals surface area contributed by atoms with Gasteiger partial charge in [-0.1, -0.05) is 200 Å². The molecule has 0 fully saturated rings. The van der Waals surface area contributed by atoms with E-state index >= 15 is 0 Å². The Balaban J connectivity index is 1.12. The highest BCUT2D eigenvalue weighted by Crippen LogP contribution is 2.41. The molecular weight excluding hydrogens is 769 g/mol. The van der Waals surface area contributed by atoms with Crippen molar-refractivity contribution in [2.24, 2.45) is 0 Å². The van der Waals surface area contributed by atoms with Gasteiger partial charge >= 0.3 is 0 Å². The summed E-state index contributed by atoms with van der Waals surface area (Å²) >= 11 is 0. The number of nitrogens with zero attached hydrogens (tertiary/aromatic N) is 2. The molecule has 2 aromatic heterocycles. The molecule has 0 saturated heterocycles. The molecule has 0 unspecified atom stereocenters. The van der Waals surface area contributed by atoms with Gasteiger partial charge in [-0.05, 0) is 78.9 Å². The molecule has 62 heavy (non-hydrogen) atoms. The van der Waals surface area contributed by atoms with Crippen molar-refractivity contribution in [3.63, 3.8) is 0 Å². The average molecular weight is 807 g/mol. The number of para-hydroxylation sites is 2. The first-order valence-corrected chi connectivity index (χ1v) is 23.1. The van der Waals surface area contributed by atoms with Gasteiger partial charge in [-0.3, -0.25) is 0 Å². The van der Waals surface area contributed by atoms with Crippen LogP contribution in [0.3, 0.4) is 0 Å². The summed E-state index contributed by atoms with van der Waals surface area (Å²) in [5, 5.41) is 7.73.